The number of hydrogen-bond acceptors (Lipinski definition) is 5. The molecule has 5 nitrogen and oxygen atoms in total. The third-order valence-electron chi connectivity index (χ3n) is 5.02. The van der Waals surface area contributed by atoms with Gasteiger partial charge in [0, 0.05) is 22.3 Å². The molecule has 1 heterocycles. The fourth-order valence-corrected chi connectivity index (χ4v) is 3.96. The van der Waals surface area contributed by atoms with E-state index in [4.69, 9.17) is 21.1 Å². The lowest BCUT2D eigenvalue weighted by Crippen LogP contribution is -2.36. The molecule has 0 bridgehead atoms. The lowest BCUT2D eigenvalue weighted by atomic mass is 9.74. The first kappa shape index (κ1) is 23.0. The van der Waals surface area contributed by atoms with Crippen LogP contribution in [-0.2, 0) is 19.1 Å². The highest BCUT2D eigenvalue weighted by Crippen LogP contribution is 2.42. The second-order valence-corrected chi connectivity index (χ2v) is 7.67. The molecule has 1 aromatic rings. The number of carbonyl (C=O) groups excluding carboxylic acids is 2. The maximum absolute atomic E-state index is 13.0. The largest absolute Gasteiger partial charge is 0.462 e. The van der Waals surface area contributed by atoms with Crippen molar-refractivity contribution < 1.29 is 19.1 Å². The zero-order valence-corrected chi connectivity index (χ0v) is 18.6. The number of nitrogens with one attached hydrogen (secondary N) is 1. The SMILES string of the molecule is CCCOC(=O)C1=C(C)NC(C)=C(C(=O)OCCC)C1C(C)c1ccccc1Cl. The van der Waals surface area contributed by atoms with Gasteiger partial charge in [-0.2, -0.15) is 0 Å². The number of carbonyl (C=O) groups is 2. The molecule has 0 saturated carbocycles. The molecule has 1 aliphatic rings. The molecule has 29 heavy (non-hydrogen) atoms. The van der Waals surface area contributed by atoms with Crippen molar-refractivity contribution in [1.82, 2.24) is 5.32 Å². The summed E-state index contributed by atoms with van der Waals surface area (Å²) in [5, 5.41) is 3.76. The van der Waals surface area contributed by atoms with Gasteiger partial charge in [-0.25, -0.2) is 9.59 Å². The fraction of sp³-hybridized carbons (Fsp3) is 0.478. The molecule has 1 N–H and O–H groups in total. The summed E-state index contributed by atoms with van der Waals surface area (Å²) in [5.74, 6) is -1.60. The second-order valence-electron chi connectivity index (χ2n) is 7.26. The molecule has 0 aromatic heterocycles. The molecular formula is C23H30ClNO4. The van der Waals surface area contributed by atoms with E-state index in [1.54, 1.807) is 0 Å². The van der Waals surface area contributed by atoms with Crippen molar-refractivity contribution in [2.75, 3.05) is 13.2 Å². The Morgan fingerprint density at radius 2 is 1.48 bits per heavy atom. The number of ether oxygens (including phenoxy) is 2. The number of esters is 2. The third kappa shape index (κ3) is 5.21. The average Bonchev–Trinajstić information content (AvgIpc) is 2.69. The van der Waals surface area contributed by atoms with Crippen molar-refractivity contribution >= 4 is 23.5 Å². The highest BCUT2D eigenvalue weighted by Gasteiger charge is 2.40. The van der Waals surface area contributed by atoms with Crippen molar-refractivity contribution in [3.05, 3.63) is 57.4 Å². The molecule has 0 aliphatic carbocycles. The van der Waals surface area contributed by atoms with Crippen molar-refractivity contribution in [2.24, 2.45) is 5.92 Å². The molecule has 0 radical (unpaired) electrons. The molecule has 0 spiro atoms. The fourth-order valence-electron chi connectivity index (χ4n) is 3.66. The summed E-state index contributed by atoms with van der Waals surface area (Å²) in [7, 11) is 0. The van der Waals surface area contributed by atoms with Gasteiger partial charge >= 0.3 is 11.9 Å². The van der Waals surface area contributed by atoms with E-state index in [2.05, 4.69) is 5.32 Å². The van der Waals surface area contributed by atoms with Crippen LogP contribution in [0.2, 0.25) is 5.02 Å². The van der Waals surface area contributed by atoms with Gasteiger partial charge in [0.05, 0.1) is 24.4 Å². The van der Waals surface area contributed by atoms with E-state index in [-0.39, 0.29) is 5.92 Å². The van der Waals surface area contributed by atoms with Crippen molar-refractivity contribution in [3.63, 3.8) is 0 Å². The first-order chi connectivity index (χ1) is 13.8. The molecule has 0 amide bonds. The Labute approximate surface area is 178 Å². The molecular weight excluding hydrogens is 390 g/mol. The maximum atomic E-state index is 13.0. The Hall–Kier alpha value is -2.27. The lowest BCUT2D eigenvalue weighted by molar-refractivity contribution is -0.140. The van der Waals surface area contributed by atoms with Crippen LogP contribution in [0.4, 0.5) is 0 Å². The molecule has 1 aliphatic heterocycles. The number of rotatable bonds is 8. The third-order valence-corrected chi connectivity index (χ3v) is 5.36. The van der Waals surface area contributed by atoms with Gasteiger partial charge in [-0.1, -0.05) is 50.6 Å². The smallest absolute Gasteiger partial charge is 0.336 e. The molecule has 1 atom stereocenters. The van der Waals surface area contributed by atoms with E-state index in [0.29, 0.717) is 40.8 Å². The zero-order chi connectivity index (χ0) is 21.6. The summed E-state index contributed by atoms with van der Waals surface area (Å²) in [6.07, 6.45) is 1.44. The summed E-state index contributed by atoms with van der Waals surface area (Å²) in [5.41, 5.74) is 3.11. The molecule has 0 saturated heterocycles. The minimum absolute atomic E-state index is 0.232. The van der Waals surface area contributed by atoms with Crippen LogP contribution in [0.1, 0.15) is 58.9 Å². The van der Waals surface area contributed by atoms with Gasteiger partial charge < -0.3 is 14.8 Å². The Morgan fingerprint density at radius 1 is 1.00 bits per heavy atom. The summed E-state index contributed by atoms with van der Waals surface area (Å²) in [6, 6.07) is 7.49. The quantitative estimate of drug-likeness (QED) is 0.592. The van der Waals surface area contributed by atoms with Crippen LogP contribution in [0, 0.1) is 5.92 Å². The molecule has 2 rings (SSSR count). The van der Waals surface area contributed by atoms with Crippen molar-refractivity contribution in [2.45, 2.75) is 53.4 Å². The summed E-state index contributed by atoms with van der Waals surface area (Å²) < 4.78 is 10.9. The Bertz CT molecular complexity index is 786. The predicted molar refractivity (Wildman–Crippen MR) is 114 cm³/mol. The van der Waals surface area contributed by atoms with E-state index >= 15 is 0 Å². The van der Waals surface area contributed by atoms with Gasteiger partial charge in [-0.05, 0) is 44.2 Å². The zero-order valence-electron chi connectivity index (χ0n) is 17.8. The van der Waals surface area contributed by atoms with E-state index in [9.17, 15) is 9.59 Å². The van der Waals surface area contributed by atoms with Crippen LogP contribution in [0.25, 0.3) is 0 Å². The second kappa shape index (κ2) is 10.5. The molecule has 0 fully saturated rings. The van der Waals surface area contributed by atoms with Crippen molar-refractivity contribution in [3.8, 4) is 0 Å². The van der Waals surface area contributed by atoms with Gasteiger partial charge in [0.15, 0.2) is 0 Å². The normalized spacial score (nSPS) is 15.8. The Balaban J connectivity index is 2.57. The Morgan fingerprint density at radius 3 is 1.93 bits per heavy atom. The topological polar surface area (TPSA) is 64.6 Å². The lowest BCUT2D eigenvalue weighted by Gasteiger charge is -2.34. The van der Waals surface area contributed by atoms with Crippen LogP contribution >= 0.6 is 11.6 Å². The Kier molecular flexibility index (Phi) is 8.32. The number of benzene rings is 1. The summed E-state index contributed by atoms with van der Waals surface area (Å²) >= 11 is 6.45. The van der Waals surface area contributed by atoms with Gasteiger partial charge in [0.1, 0.15) is 0 Å². The van der Waals surface area contributed by atoms with Crippen LogP contribution in [0.15, 0.2) is 46.8 Å². The predicted octanol–water partition coefficient (Wildman–Crippen LogP) is 5.12. The molecule has 158 valence electrons. The van der Waals surface area contributed by atoms with E-state index < -0.39 is 17.9 Å². The van der Waals surface area contributed by atoms with E-state index in [0.717, 1.165) is 18.4 Å². The van der Waals surface area contributed by atoms with Crippen LogP contribution < -0.4 is 5.32 Å². The minimum Gasteiger partial charge on any atom is -0.462 e. The number of halogens is 1. The number of allylic oxidation sites excluding steroid dienone is 2. The molecule has 1 aromatic carbocycles. The molecule has 6 heteroatoms. The summed E-state index contributed by atoms with van der Waals surface area (Å²) in [6.45, 7) is 10.1. The van der Waals surface area contributed by atoms with Crippen LogP contribution in [-0.4, -0.2) is 25.2 Å². The highest BCUT2D eigenvalue weighted by atomic mass is 35.5. The monoisotopic (exact) mass is 419 g/mol. The van der Waals surface area contributed by atoms with Crippen LogP contribution in [0.5, 0.6) is 0 Å². The highest BCUT2D eigenvalue weighted by molar-refractivity contribution is 6.31. The van der Waals surface area contributed by atoms with Crippen molar-refractivity contribution in [1.29, 1.82) is 0 Å². The molecule has 1 unspecified atom stereocenters. The minimum atomic E-state index is -0.523. The number of dihydropyridines is 1. The number of hydrogen-bond donors (Lipinski definition) is 1. The van der Waals surface area contributed by atoms with Crippen LogP contribution in [0.3, 0.4) is 0 Å². The van der Waals surface area contributed by atoms with Gasteiger partial charge in [0.2, 0.25) is 0 Å². The van der Waals surface area contributed by atoms with Gasteiger partial charge in [-0.15, -0.1) is 0 Å². The maximum Gasteiger partial charge on any atom is 0.336 e. The summed E-state index contributed by atoms with van der Waals surface area (Å²) in [4.78, 5) is 25.9. The first-order valence-electron chi connectivity index (χ1n) is 10.1. The van der Waals surface area contributed by atoms with Gasteiger partial charge in [0.25, 0.3) is 0 Å². The first-order valence-corrected chi connectivity index (χ1v) is 10.5. The standard InChI is InChI=1S/C23H30ClNO4/c1-6-12-28-22(26)20-15(4)25-16(5)21(23(27)29-13-7-2)19(20)14(3)17-10-8-9-11-18(17)24/h8-11,14,19,25H,6-7,12-13H2,1-5H3. The van der Waals surface area contributed by atoms with E-state index in [1.165, 1.54) is 0 Å². The van der Waals surface area contributed by atoms with Gasteiger partial charge in [-0.3, -0.25) is 0 Å². The average molecular weight is 420 g/mol. The van der Waals surface area contributed by atoms with E-state index in [1.807, 2.05) is 58.9 Å².